The lowest BCUT2D eigenvalue weighted by Gasteiger charge is -2.10. The summed E-state index contributed by atoms with van der Waals surface area (Å²) in [5.41, 5.74) is 1.05. The Morgan fingerprint density at radius 3 is 2.80 bits per heavy atom. The van der Waals surface area contributed by atoms with Crippen LogP contribution < -0.4 is 5.56 Å². The number of rotatable bonds is 4. The third-order valence-corrected chi connectivity index (χ3v) is 5.47. The molecule has 0 amide bonds. The third kappa shape index (κ3) is 2.75. The molecule has 4 aromatic heterocycles. The maximum atomic E-state index is 13.1. The molecule has 0 saturated carbocycles. The zero-order valence-electron chi connectivity index (χ0n) is 12.7. The number of carboxylic acids is 1. The van der Waals surface area contributed by atoms with Crippen molar-refractivity contribution in [3.63, 3.8) is 0 Å². The maximum absolute atomic E-state index is 13.1. The predicted molar refractivity (Wildman–Crippen MR) is 98.1 cm³/mol. The molecule has 0 aliphatic carbocycles. The van der Waals surface area contributed by atoms with Gasteiger partial charge in [0.15, 0.2) is 0 Å². The van der Waals surface area contributed by atoms with Gasteiger partial charge in [0.25, 0.3) is 5.56 Å². The number of carboxylic acid groups (broad SMARTS) is 1. The van der Waals surface area contributed by atoms with E-state index in [1.165, 1.54) is 27.2 Å². The van der Waals surface area contributed by atoms with E-state index in [1.54, 1.807) is 24.5 Å². The van der Waals surface area contributed by atoms with E-state index in [4.69, 9.17) is 0 Å². The molecule has 4 rings (SSSR count). The first-order chi connectivity index (χ1) is 12.1. The molecule has 124 valence electrons. The van der Waals surface area contributed by atoms with Gasteiger partial charge < -0.3 is 5.11 Å². The number of carbonyl (C=O) groups is 1. The minimum Gasteiger partial charge on any atom is -0.480 e. The molecule has 0 bridgehead atoms. The summed E-state index contributed by atoms with van der Waals surface area (Å²) in [6.07, 6.45) is 3.18. The number of pyridine rings is 1. The number of hydrogen-bond donors (Lipinski definition) is 1. The molecule has 0 unspecified atom stereocenters. The van der Waals surface area contributed by atoms with Crippen LogP contribution in [0.5, 0.6) is 0 Å². The molecule has 1 N–H and O–H groups in total. The van der Waals surface area contributed by atoms with Crippen molar-refractivity contribution in [3.8, 4) is 21.8 Å². The van der Waals surface area contributed by atoms with Crippen LogP contribution in [0.1, 0.15) is 0 Å². The van der Waals surface area contributed by atoms with E-state index in [0.29, 0.717) is 21.6 Å². The molecule has 0 aliphatic rings. The Hall–Kier alpha value is -2.84. The predicted octanol–water partition coefficient (Wildman–Crippen LogP) is 3.33. The summed E-state index contributed by atoms with van der Waals surface area (Å²) in [6, 6.07) is 7.33. The zero-order valence-corrected chi connectivity index (χ0v) is 14.4. The van der Waals surface area contributed by atoms with Crippen LogP contribution in [0, 0.1) is 0 Å². The summed E-state index contributed by atoms with van der Waals surface area (Å²) in [5, 5.41) is 13.5. The first kappa shape index (κ1) is 15.7. The normalized spacial score (nSPS) is 11.0. The van der Waals surface area contributed by atoms with Crippen LogP contribution in [0.3, 0.4) is 0 Å². The molecule has 0 atom stereocenters. The standard InChI is InChI=1S/C17H11N3O3S2/c21-13(22)8-20-15(10-3-1-5-18-7-10)19-16-14(17(20)23)11(9-25-16)12-4-2-6-24-12/h1-7,9H,8H2,(H,21,22). The molecular formula is C17H11N3O3S2. The quantitative estimate of drug-likeness (QED) is 0.596. The lowest BCUT2D eigenvalue weighted by Crippen LogP contribution is -2.26. The summed E-state index contributed by atoms with van der Waals surface area (Å²) < 4.78 is 1.20. The summed E-state index contributed by atoms with van der Waals surface area (Å²) in [7, 11) is 0. The fourth-order valence-corrected chi connectivity index (χ4v) is 4.39. The van der Waals surface area contributed by atoms with Crippen molar-refractivity contribution in [2.24, 2.45) is 0 Å². The largest absolute Gasteiger partial charge is 0.480 e. The van der Waals surface area contributed by atoms with Gasteiger partial charge in [-0.1, -0.05) is 6.07 Å². The van der Waals surface area contributed by atoms with Gasteiger partial charge in [0, 0.05) is 33.8 Å². The van der Waals surface area contributed by atoms with Crippen LogP contribution >= 0.6 is 22.7 Å². The number of nitrogens with zero attached hydrogens (tertiary/aromatic N) is 3. The van der Waals surface area contributed by atoms with Crippen LogP contribution in [0.25, 0.3) is 32.0 Å². The molecule has 8 heteroatoms. The zero-order chi connectivity index (χ0) is 17.4. The van der Waals surface area contributed by atoms with E-state index in [9.17, 15) is 14.7 Å². The fourth-order valence-electron chi connectivity index (χ4n) is 2.63. The van der Waals surface area contributed by atoms with E-state index in [1.807, 2.05) is 22.9 Å². The highest BCUT2D eigenvalue weighted by atomic mass is 32.1. The Kier molecular flexibility index (Phi) is 3.90. The highest BCUT2D eigenvalue weighted by Crippen LogP contribution is 2.34. The van der Waals surface area contributed by atoms with Crippen molar-refractivity contribution < 1.29 is 9.90 Å². The maximum Gasteiger partial charge on any atom is 0.323 e. The van der Waals surface area contributed by atoms with Gasteiger partial charge in [-0.3, -0.25) is 19.1 Å². The summed E-state index contributed by atoms with van der Waals surface area (Å²) in [4.78, 5) is 34.5. The summed E-state index contributed by atoms with van der Waals surface area (Å²) in [5.74, 6) is -0.783. The van der Waals surface area contributed by atoms with E-state index in [2.05, 4.69) is 9.97 Å². The average molecular weight is 369 g/mol. The second-order valence-electron chi connectivity index (χ2n) is 5.27. The third-order valence-electron chi connectivity index (χ3n) is 3.69. The number of aromatic nitrogens is 3. The van der Waals surface area contributed by atoms with Gasteiger partial charge in [-0.2, -0.15) is 0 Å². The highest BCUT2D eigenvalue weighted by Gasteiger charge is 2.19. The molecule has 0 radical (unpaired) electrons. The van der Waals surface area contributed by atoms with E-state index >= 15 is 0 Å². The molecule has 0 spiro atoms. The number of thiophene rings is 2. The van der Waals surface area contributed by atoms with Crippen molar-refractivity contribution in [1.29, 1.82) is 0 Å². The topological polar surface area (TPSA) is 85.1 Å². The van der Waals surface area contributed by atoms with E-state index < -0.39 is 12.5 Å². The first-order valence-corrected chi connectivity index (χ1v) is 9.09. The summed E-state index contributed by atoms with van der Waals surface area (Å²) >= 11 is 2.91. The van der Waals surface area contributed by atoms with Crippen molar-refractivity contribution in [2.45, 2.75) is 6.54 Å². The van der Waals surface area contributed by atoms with Gasteiger partial charge in [0.1, 0.15) is 17.2 Å². The van der Waals surface area contributed by atoms with Gasteiger partial charge in [-0.25, -0.2) is 4.98 Å². The van der Waals surface area contributed by atoms with Crippen molar-refractivity contribution >= 4 is 38.9 Å². The molecule has 4 aromatic rings. The number of fused-ring (bicyclic) bond motifs is 1. The van der Waals surface area contributed by atoms with Crippen LogP contribution in [-0.2, 0) is 11.3 Å². The second-order valence-corrected chi connectivity index (χ2v) is 7.07. The molecule has 6 nitrogen and oxygen atoms in total. The minimum absolute atomic E-state index is 0.313. The molecule has 0 aromatic carbocycles. The number of hydrogen-bond acceptors (Lipinski definition) is 6. The van der Waals surface area contributed by atoms with Gasteiger partial charge >= 0.3 is 5.97 Å². The average Bonchev–Trinajstić information content (AvgIpc) is 3.26. The Morgan fingerprint density at radius 2 is 2.12 bits per heavy atom. The fraction of sp³-hybridized carbons (Fsp3) is 0.0588. The molecule has 0 aliphatic heterocycles. The highest BCUT2D eigenvalue weighted by molar-refractivity contribution is 7.18. The summed E-state index contributed by atoms with van der Waals surface area (Å²) in [6.45, 7) is -0.453. The molecule has 25 heavy (non-hydrogen) atoms. The van der Waals surface area contributed by atoms with Crippen LogP contribution in [0.15, 0.2) is 52.2 Å². The second kappa shape index (κ2) is 6.23. The molecular weight excluding hydrogens is 358 g/mol. The Morgan fingerprint density at radius 1 is 1.24 bits per heavy atom. The van der Waals surface area contributed by atoms with Crippen molar-refractivity contribution in [2.75, 3.05) is 0 Å². The van der Waals surface area contributed by atoms with Gasteiger partial charge in [0.05, 0.1) is 5.39 Å². The van der Waals surface area contributed by atoms with Gasteiger partial charge in [0.2, 0.25) is 0 Å². The Bertz CT molecular complexity index is 1120. The van der Waals surface area contributed by atoms with Crippen LogP contribution in [0.2, 0.25) is 0 Å². The minimum atomic E-state index is -1.10. The smallest absolute Gasteiger partial charge is 0.323 e. The van der Waals surface area contributed by atoms with Gasteiger partial charge in [-0.15, -0.1) is 22.7 Å². The number of aliphatic carboxylic acids is 1. The Labute approximate surface area is 149 Å². The van der Waals surface area contributed by atoms with Gasteiger partial charge in [-0.05, 0) is 23.6 Å². The van der Waals surface area contributed by atoms with Crippen molar-refractivity contribution in [1.82, 2.24) is 14.5 Å². The Balaban J connectivity index is 2.04. The van der Waals surface area contributed by atoms with Crippen molar-refractivity contribution in [3.05, 3.63) is 57.8 Å². The molecule has 4 heterocycles. The molecule has 0 saturated heterocycles. The van der Waals surface area contributed by atoms with Crippen LogP contribution in [0.4, 0.5) is 0 Å². The van der Waals surface area contributed by atoms with Crippen LogP contribution in [-0.4, -0.2) is 25.6 Å². The SMILES string of the molecule is O=C(O)Cn1c(-c2cccnc2)nc2scc(-c3cccs3)c2c1=O. The monoisotopic (exact) mass is 369 g/mol. The lowest BCUT2D eigenvalue weighted by molar-refractivity contribution is -0.137. The first-order valence-electron chi connectivity index (χ1n) is 7.33. The van der Waals surface area contributed by atoms with E-state index in [-0.39, 0.29) is 5.56 Å². The lowest BCUT2D eigenvalue weighted by atomic mass is 10.2. The molecule has 0 fully saturated rings. The van der Waals surface area contributed by atoms with E-state index in [0.717, 1.165) is 10.4 Å².